The molecule has 0 spiro atoms. The third-order valence-corrected chi connectivity index (χ3v) is 5.48. The fraction of sp³-hybridized carbons (Fsp3) is 0.227. The van der Waals surface area contributed by atoms with Crippen LogP contribution in [0.2, 0.25) is 5.02 Å². The molecule has 2 amide bonds. The van der Waals surface area contributed by atoms with E-state index >= 15 is 0 Å². The summed E-state index contributed by atoms with van der Waals surface area (Å²) < 4.78 is 0. The summed E-state index contributed by atoms with van der Waals surface area (Å²) in [5.74, 6) is -0.236. The molecule has 6 heteroatoms. The van der Waals surface area contributed by atoms with Gasteiger partial charge in [-0.3, -0.25) is 14.6 Å². The summed E-state index contributed by atoms with van der Waals surface area (Å²) in [7, 11) is 0. The Bertz CT molecular complexity index is 1020. The number of benzene rings is 2. The van der Waals surface area contributed by atoms with Gasteiger partial charge >= 0.3 is 0 Å². The summed E-state index contributed by atoms with van der Waals surface area (Å²) in [6, 6.07) is 16.6. The molecule has 28 heavy (non-hydrogen) atoms. The lowest BCUT2D eigenvalue weighted by atomic mass is 9.95. The molecule has 1 aliphatic heterocycles. The van der Waals surface area contributed by atoms with Gasteiger partial charge in [-0.15, -0.1) is 0 Å². The van der Waals surface area contributed by atoms with Crippen molar-refractivity contribution in [1.82, 2.24) is 9.88 Å². The standard InChI is InChI=1S/C22H20ClN3O2/c23-18-8-2-1-7-17(18)22(28)26-13-10-16(11-14-26)21(27)25-19-9-3-5-15-6-4-12-24-20(15)19/h1-9,12,16H,10-11,13-14H2,(H,25,27). The highest BCUT2D eigenvalue weighted by atomic mass is 35.5. The largest absolute Gasteiger partial charge is 0.339 e. The summed E-state index contributed by atoms with van der Waals surface area (Å²) in [5, 5.41) is 4.45. The number of piperidine rings is 1. The topological polar surface area (TPSA) is 62.3 Å². The lowest BCUT2D eigenvalue weighted by molar-refractivity contribution is -0.121. The Kier molecular flexibility index (Phi) is 5.26. The van der Waals surface area contributed by atoms with E-state index in [1.54, 1.807) is 35.4 Å². The third kappa shape index (κ3) is 3.71. The predicted molar refractivity (Wildman–Crippen MR) is 110 cm³/mol. The molecular weight excluding hydrogens is 374 g/mol. The molecule has 1 N–H and O–H groups in total. The number of fused-ring (bicyclic) bond motifs is 1. The molecule has 1 aromatic heterocycles. The molecule has 0 unspecified atom stereocenters. The number of nitrogens with one attached hydrogen (secondary N) is 1. The summed E-state index contributed by atoms with van der Waals surface area (Å²) in [4.78, 5) is 31.6. The van der Waals surface area contributed by atoms with E-state index in [4.69, 9.17) is 11.6 Å². The first-order valence-corrected chi connectivity index (χ1v) is 9.69. The third-order valence-electron chi connectivity index (χ3n) is 5.15. The number of pyridine rings is 1. The number of hydrogen-bond acceptors (Lipinski definition) is 3. The van der Waals surface area contributed by atoms with Crippen LogP contribution in [-0.2, 0) is 4.79 Å². The van der Waals surface area contributed by atoms with Gasteiger partial charge in [-0.1, -0.05) is 41.9 Å². The number of halogens is 1. The van der Waals surface area contributed by atoms with Gasteiger partial charge in [-0.25, -0.2) is 0 Å². The monoisotopic (exact) mass is 393 g/mol. The molecule has 5 nitrogen and oxygen atoms in total. The molecule has 142 valence electrons. The molecule has 3 aromatic rings. The Morgan fingerprint density at radius 3 is 2.54 bits per heavy atom. The van der Waals surface area contributed by atoms with Gasteiger partial charge < -0.3 is 10.2 Å². The lowest BCUT2D eigenvalue weighted by Crippen LogP contribution is -2.41. The highest BCUT2D eigenvalue weighted by molar-refractivity contribution is 6.33. The molecule has 1 saturated heterocycles. The molecule has 0 aliphatic carbocycles. The number of carbonyl (C=O) groups is 2. The van der Waals surface area contributed by atoms with Crippen molar-refractivity contribution in [2.45, 2.75) is 12.8 Å². The Balaban J connectivity index is 1.40. The average Bonchev–Trinajstić information content (AvgIpc) is 2.74. The van der Waals surface area contributed by atoms with Crippen LogP contribution >= 0.6 is 11.6 Å². The highest BCUT2D eigenvalue weighted by Gasteiger charge is 2.28. The van der Waals surface area contributed by atoms with Crippen LogP contribution in [0.3, 0.4) is 0 Å². The maximum atomic E-state index is 12.7. The summed E-state index contributed by atoms with van der Waals surface area (Å²) in [5.41, 5.74) is 2.01. The fourth-order valence-electron chi connectivity index (χ4n) is 3.59. The van der Waals surface area contributed by atoms with Gasteiger partial charge in [-0.2, -0.15) is 0 Å². The van der Waals surface area contributed by atoms with Crippen LogP contribution in [0, 0.1) is 5.92 Å². The first kappa shape index (κ1) is 18.4. The van der Waals surface area contributed by atoms with Crippen LogP contribution < -0.4 is 5.32 Å². The highest BCUT2D eigenvalue weighted by Crippen LogP contribution is 2.25. The molecule has 1 fully saturated rings. The van der Waals surface area contributed by atoms with Gasteiger partial charge in [0.25, 0.3) is 5.91 Å². The quantitative estimate of drug-likeness (QED) is 0.718. The molecular formula is C22H20ClN3O2. The minimum Gasteiger partial charge on any atom is -0.339 e. The maximum Gasteiger partial charge on any atom is 0.255 e. The van der Waals surface area contributed by atoms with Crippen LogP contribution in [0.15, 0.2) is 60.8 Å². The van der Waals surface area contributed by atoms with Gasteiger partial charge in [0.1, 0.15) is 0 Å². The number of likely N-dealkylation sites (tertiary alicyclic amines) is 1. The molecule has 2 aromatic carbocycles. The molecule has 0 radical (unpaired) electrons. The zero-order chi connectivity index (χ0) is 19.5. The van der Waals surface area contributed by atoms with Crippen molar-refractivity contribution >= 4 is 40.0 Å². The van der Waals surface area contributed by atoms with E-state index in [2.05, 4.69) is 10.3 Å². The number of para-hydroxylation sites is 1. The normalized spacial score (nSPS) is 14.8. The van der Waals surface area contributed by atoms with E-state index in [9.17, 15) is 9.59 Å². The van der Waals surface area contributed by atoms with Crippen molar-refractivity contribution in [2.75, 3.05) is 18.4 Å². The molecule has 4 rings (SSSR count). The van der Waals surface area contributed by atoms with E-state index in [1.165, 1.54) is 0 Å². The summed E-state index contributed by atoms with van der Waals surface area (Å²) in [6.45, 7) is 1.08. The van der Waals surface area contributed by atoms with Crippen molar-refractivity contribution in [3.63, 3.8) is 0 Å². The molecule has 2 heterocycles. The number of hydrogen-bond donors (Lipinski definition) is 1. The maximum absolute atomic E-state index is 12.7. The Morgan fingerprint density at radius 2 is 1.75 bits per heavy atom. The van der Waals surface area contributed by atoms with Gasteiger partial charge in [-0.05, 0) is 37.1 Å². The Morgan fingerprint density at radius 1 is 1.00 bits per heavy atom. The van der Waals surface area contributed by atoms with E-state index in [0.29, 0.717) is 36.5 Å². The van der Waals surface area contributed by atoms with Crippen LogP contribution in [0.5, 0.6) is 0 Å². The Hall–Kier alpha value is -2.92. The van der Waals surface area contributed by atoms with Crippen molar-refractivity contribution in [2.24, 2.45) is 5.92 Å². The molecule has 0 saturated carbocycles. The van der Waals surface area contributed by atoms with Crippen LogP contribution in [0.1, 0.15) is 23.2 Å². The lowest BCUT2D eigenvalue weighted by Gasteiger charge is -2.31. The number of anilines is 1. The number of aromatic nitrogens is 1. The van der Waals surface area contributed by atoms with Gasteiger partial charge in [0.2, 0.25) is 5.91 Å². The van der Waals surface area contributed by atoms with Gasteiger partial charge in [0, 0.05) is 30.6 Å². The van der Waals surface area contributed by atoms with E-state index in [1.807, 2.05) is 30.3 Å². The predicted octanol–water partition coefficient (Wildman–Crippen LogP) is 4.38. The van der Waals surface area contributed by atoms with Crippen LogP contribution in [0.25, 0.3) is 10.9 Å². The number of rotatable bonds is 3. The second kappa shape index (κ2) is 7.98. The number of amides is 2. The van der Waals surface area contributed by atoms with Crippen LogP contribution in [-0.4, -0.2) is 34.8 Å². The smallest absolute Gasteiger partial charge is 0.255 e. The fourth-order valence-corrected chi connectivity index (χ4v) is 3.81. The summed E-state index contributed by atoms with van der Waals surface area (Å²) in [6.07, 6.45) is 2.97. The van der Waals surface area contributed by atoms with Crippen molar-refractivity contribution in [1.29, 1.82) is 0 Å². The first-order chi connectivity index (χ1) is 13.6. The minimum atomic E-state index is -0.130. The molecule has 0 atom stereocenters. The van der Waals surface area contributed by atoms with E-state index in [0.717, 1.165) is 16.6 Å². The van der Waals surface area contributed by atoms with Gasteiger partial charge in [0.15, 0.2) is 0 Å². The number of carbonyl (C=O) groups excluding carboxylic acids is 2. The zero-order valence-corrected chi connectivity index (χ0v) is 16.0. The van der Waals surface area contributed by atoms with E-state index in [-0.39, 0.29) is 17.7 Å². The molecule has 1 aliphatic rings. The average molecular weight is 394 g/mol. The SMILES string of the molecule is O=C(Nc1cccc2cccnc12)C1CCN(C(=O)c2ccccc2Cl)CC1. The van der Waals surface area contributed by atoms with Crippen molar-refractivity contribution in [3.8, 4) is 0 Å². The van der Waals surface area contributed by atoms with E-state index < -0.39 is 0 Å². The second-order valence-electron chi connectivity index (χ2n) is 6.92. The van der Waals surface area contributed by atoms with Gasteiger partial charge in [0.05, 0.1) is 21.8 Å². The van der Waals surface area contributed by atoms with Crippen molar-refractivity contribution < 1.29 is 9.59 Å². The number of nitrogens with zero attached hydrogens (tertiary/aromatic N) is 2. The van der Waals surface area contributed by atoms with Crippen LogP contribution in [0.4, 0.5) is 5.69 Å². The Labute approximate surface area is 168 Å². The summed E-state index contributed by atoms with van der Waals surface area (Å²) >= 11 is 6.14. The zero-order valence-electron chi connectivity index (χ0n) is 15.3. The minimum absolute atomic E-state index is 0.0250. The second-order valence-corrected chi connectivity index (χ2v) is 7.32. The van der Waals surface area contributed by atoms with Crippen molar-refractivity contribution in [3.05, 3.63) is 71.4 Å². The first-order valence-electron chi connectivity index (χ1n) is 9.32. The molecule has 0 bridgehead atoms.